The van der Waals surface area contributed by atoms with Crippen molar-refractivity contribution in [2.75, 3.05) is 20.2 Å². The Hall–Kier alpha value is -4.17. The number of carbonyl (C=O) groups excluding carboxylic acids is 2. The predicted octanol–water partition coefficient (Wildman–Crippen LogP) is 5.21. The SMILES string of the molecule is C[C@H](OCc1ccccc1)[C@@H](NC(=O)OCC1c2ccccc2-c2ccccc21)C(=O)N(C)CCCCC(=O)O. The number of alkyl carbamates (subject to hydrolysis) is 1. The lowest BCUT2D eigenvalue weighted by Crippen LogP contribution is -2.53. The van der Waals surface area contributed by atoms with E-state index >= 15 is 0 Å². The lowest BCUT2D eigenvalue weighted by molar-refractivity contribution is -0.137. The summed E-state index contributed by atoms with van der Waals surface area (Å²) in [6, 6.07) is 24.8. The first-order valence-corrected chi connectivity index (χ1v) is 13.6. The Balaban J connectivity index is 1.41. The summed E-state index contributed by atoms with van der Waals surface area (Å²) >= 11 is 0. The molecule has 2 N–H and O–H groups in total. The van der Waals surface area contributed by atoms with Crippen LogP contribution in [0.5, 0.6) is 0 Å². The summed E-state index contributed by atoms with van der Waals surface area (Å²) in [5.74, 6) is -1.30. The summed E-state index contributed by atoms with van der Waals surface area (Å²) in [5, 5.41) is 11.6. The fourth-order valence-corrected chi connectivity index (χ4v) is 5.02. The summed E-state index contributed by atoms with van der Waals surface area (Å²) in [5.41, 5.74) is 5.42. The minimum Gasteiger partial charge on any atom is -0.481 e. The molecule has 40 heavy (non-hydrogen) atoms. The van der Waals surface area contributed by atoms with E-state index in [1.807, 2.05) is 66.7 Å². The van der Waals surface area contributed by atoms with E-state index in [0.29, 0.717) is 19.4 Å². The second kappa shape index (κ2) is 13.8. The molecule has 1 aliphatic carbocycles. The Morgan fingerprint density at radius 3 is 2.12 bits per heavy atom. The van der Waals surface area contributed by atoms with Crippen molar-refractivity contribution in [3.05, 3.63) is 95.6 Å². The standard InChI is InChI=1S/C32H36N2O6/c1-22(39-20-23-12-4-3-5-13-23)30(31(37)34(2)19-11-10-18-29(35)36)33-32(38)40-21-28-26-16-8-6-14-24(26)25-15-7-9-17-27(25)28/h3-9,12-17,22,28,30H,10-11,18-21H2,1-2H3,(H,33,38)(H,35,36)/t22-,30+/m0/s1. The van der Waals surface area contributed by atoms with Gasteiger partial charge in [-0.05, 0) is 47.6 Å². The average molecular weight is 545 g/mol. The van der Waals surface area contributed by atoms with Crippen molar-refractivity contribution in [3.8, 4) is 11.1 Å². The zero-order valence-electron chi connectivity index (χ0n) is 22.9. The number of nitrogens with zero attached hydrogens (tertiary/aromatic N) is 1. The lowest BCUT2D eigenvalue weighted by atomic mass is 9.98. The zero-order chi connectivity index (χ0) is 28.5. The molecule has 3 aromatic rings. The van der Waals surface area contributed by atoms with E-state index in [1.54, 1.807) is 14.0 Å². The van der Waals surface area contributed by atoms with Crippen LogP contribution in [0.2, 0.25) is 0 Å². The second-order valence-corrected chi connectivity index (χ2v) is 10.1. The van der Waals surface area contributed by atoms with Gasteiger partial charge in [-0.3, -0.25) is 9.59 Å². The fourth-order valence-electron chi connectivity index (χ4n) is 5.02. The van der Waals surface area contributed by atoms with Crippen LogP contribution in [0.3, 0.4) is 0 Å². The highest BCUT2D eigenvalue weighted by Gasteiger charge is 2.32. The van der Waals surface area contributed by atoms with Gasteiger partial charge in [0.25, 0.3) is 0 Å². The molecule has 0 heterocycles. The highest BCUT2D eigenvalue weighted by atomic mass is 16.5. The van der Waals surface area contributed by atoms with Gasteiger partial charge in [-0.15, -0.1) is 0 Å². The Kier molecular flexibility index (Phi) is 9.91. The Labute approximate surface area is 234 Å². The maximum atomic E-state index is 13.4. The van der Waals surface area contributed by atoms with E-state index in [9.17, 15) is 14.4 Å². The maximum absolute atomic E-state index is 13.4. The molecule has 1 aliphatic rings. The van der Waals surface area contributed by atoms with Crippen molar-refractivity contribution in [1.82, 2.24) is 10.2 Å². The third kappa shape index (κ3) is 7.27. The van der Waals surface area contributed by atoms with Crippen molar-refractivity contribution in [1.29, 1.82) is 0 Å². The molecule has 0 saturated carbocycles. The van der Waals surface area contributed by atoms with Gasteiger partial charge in [-0.25, -0.2) is 4.79 Å². The highest BCUT2D eigenvalue weighted by Crippen LogP contribution is 2.44. The van der Waals surface area contributed by atoms with Crippen molar-refractivity contribution in [2.45, 2.75) is 50.9 Å². The Morgan fingerprint density at radius 1 is 0.900 bits per heavy atom. The summed E-state index contributed by atoms with van der Waals surface area (Å²) in [7, 11) is 1.64. The van der Waals surface area contributed by atoms with Gasteiger partial charge in [0.05, 0.1) is 12.7 Å². The molecule has 8 heteroatoms. The quantitative estimate of drug-likeness (QED) is 0.286. The molecule has 4 rings (SSSR count). The van der Waals surface area contributed by atoms with Crippen LogP contribution in [0.1, 0.15) is 48.8 Å². The van der Waals surface area contributed by atoms with Gasteiger partial charge in [-0.2, -0.15) is 0 Å². The van der Waals surface area contributed by atoms with Gasteiger partial charge in [-0.1, -0.05) is 78.9 Å². The molecular weight excluding hydrogens is 508 g/mol. The van der Waals surface area contributed by atoms with Gasteiger partial charge in [0.2, 0.25) is 5.91 Å². The first-order chi connectivity index (χ1) is 19.3. The first-order valence-electron chi connectivity index (χ1n) is 13.6. The number of rotatable bonds is 13. The number of aliphatic carboxylic acids is 1. The van der Waals surface area contributed by atoms with Gasteiger partial charge in [0, 0.05) is 25.9 Å². The van der Waals surface area contributed by atoms with Crippen LogP contribution in [0.25, 0.3) is 11.1 Å². The summed E-state index contributed by atoms with van der Waals surface area (Å²) in [6.45, 7) is 2.51. The van der Waals surface area contributed by atoms with E-state index < -0.39 is 24.2 Å². The van der Waals surface area contributed by atoms with Crippen LogP contribution in [-0.4, -0.2) is 60.3 Å². The largest absolute Gasteiger partial charge is 0.481 e. The van der Waals surface area contributed by atoms with Crippen molar-refractivity contribution in [2.24, 2.45) is 0 Å². The minimum atomic E-state index is -0.983. The molecule has 0 radical (unpaired) electrons. The number of benzene rings is 3. The normalized spacial score (nSPS) is 13.6. The number of carboxylic acids is 1. The van der Waals surface area contributed by atoms with Crippen molar-refractivity contribution >= 4 is 18.0 Å². The van der Waals surface area contributed by atoms with Gasteiger partial charge in [0.1, 0.15) is 12.6 Å². The Morgan fingerprint density at radius 2 is 1.50 bits per heavy atom. The number of carboxylic acid groups (broad SMARTS) is 1. The smallest absolute Gasteiger partial charge is 0.407 e. The summed E-state index contributed by atoms with van der Waals surface area (Å²) in [6.07, 6.45) is -0.312. The van der Waals surface area contributed by atoms with Crippen LogP contribution < -0.4 is 5.32 Å². The monoisotopic (exact) mass is 544 g/mol. The number of likely N-dealkylation sites (N-methyl/N-ethyl adjacent to an activating group) is 1. The molecule has 210 valence electrons. The fraction of sp³-hybridized carbons (Fsp3) is 0.344. The van der Waals surface area contributed by atoms with Crippen LogP contribution >= 0.6 is 0 Å². The lowest BCUT2D eigenvalue weighted by Gasteiger charge is -2.29. The molecule has 0 aromatic heterocycles. The number of amides is 2. The number of fused-ring (bicyclic) bond motifs is 3. The van der Waals surface area contributed by atoms with Crippen LogP contribution in [0.15, 0.2) is 78.9 Å². The van der Waals surface area contributed by atoms with Crippen LogP contribution in [-0.2, 0) is 25.7 Å². The number of unbranched alkanes of at least 4 members (excludes halogenated alkanes) is 1. The molecule has 0 saturated heterocycles. The van der Waals surface area contributed by atoms with E-state index in [1.165, 1.54) is 4.90 Å². The Bertz CT molecular complexity index is 1270. The number of ether oxygens (including phenoxy) is 2. The number of carbonyl (C=O) groups is 3. The minimum absolute atomic E-state index is 0.0417. The van der Waals surface area contributed by atoms with E-state index in [4.69, 9.17) is 14.6 Å². The van der Waals surface area contributed by atoms with Gasteiger partial charge >= 0.3 is 12.1 Å². The predicted molar refractivity (Wildman–Crippen MR) is 152 cm³/mol. The molecule has 0 unspecified atom stereocenters. The second-order valence-electron chi connectivity index (χ2n) is 10.1. The van der Waals surface area contributed by atoms with Crippen LogP contribution in [0.4, 0.5) is 4.79 Å². The molecule has 0 aliphatic heterocycles. The highest BCUT2D eigenvalue weighted by molar-refractivity contribution is 5.86. The van der Waals surface area contributed by atoms with Gasteiger partial charge in [0.15, 0.2) is 0 Å². The molecule has 2 atom stereocenters. The van der Waals surface area contributed by atoms with Crippen LogP contribution in [0, 0.1) is 0 Å². The third-order valence-electron chi connectivity index (χ3n) is 7.22. The molecular formula is C32H36N2O6. The molecule has 2 amide bonds. The molecule has 8 nitrogen and oxygen atoms in total. The zero-order valence-corrected chi connectivity index (χ0v) is 22.9. The van der Waals surface area contributed by atoms with E-state index in [-0.39, 0.29) is 31.5 Å². The number of hydrogen-bond donors (Lipinski definition) is 2. The number of hydrogen-bond acceptors (Lipinski definition) is 5. The molecule has 0 bridgehead atoms. The molecule has 3 aromatic carbocycles. The average Bonchev–Trinajstić information content (AvgIpc) is 3.29. The van der Waals surface area contributed by atoms with E-state index in [2.05, 4.69) is 17.4 Å². The maximum Gasteiger partial charge on any atom is 0.407 e. The third-order valence-corrected chi connectivity index (χ3v) is 7.22. The topological polar surface area (TPSA) is 105 Å². The molecule has 0 fully saturated rings. The summed E-state index contributed by atoms with van der Waals surface area (Å²) in [4.78, 5) is 38.8. The van der Waals surface area contributed by atoms with E-state index in [0.717, 1.165) is 27.8 Å². The molecule has 0 spiro atoms. The van der Waals surface area contributed by atoms with Gasteiger partial charge < -0.3 is 24.8 Å². The first kappa shape index (κ1) is 28.8. The summed E-state index contributed by atoms with van der Waals surface area (Å²) < 4.78 is 11.7. The van der Waals surface area contributed by atoms with Crippen molar-refractivity contribution < 1.29 is 29.0 Å². The number of nitrogens with one attached hydrogen (secondary N) is 1. The van der Waals surface area contributed by atoms with Crippen molar-refractivity contribution in [3.63, 3.8) is 0 Å².